The van der Waals surface area contributed by atoms with Crippen molar-refractivity contribution in [3.63, 3.8) is 0 Å². The molecule has 0 aromatic heterocycles. The van der Waals surface area contributed by atoms with Gasteiger partial charge in [0.2, 0.25) is 0 Å². The van der Waals surface area contributed by atoms with E-state index < -0.39 is 0 Å². The number of nitrogens with one attached hydrogen (secondary N) is 1. The average molecular weight is 169 g/mol. The van der Waals surface area contributed by atoms with Gasteiger partial charge in [0.1, 0.15) is 0 Å². The molecular formula is C11H23N. The zero-order chi connectivity index (χ0) is 9.56. The third-order valence-corrected chi connectivity index (χ3v) is 2.64. The lowest BCUT2D eigenvalue weighted by Crippen LogP contribution is -2.33. The Bertz CT molecular complexity index is 138. The molecular weight excluding hydrogens is 146 g/mol. The molecule has 0 radical (unpaired) electrons. The van der Waals surface area contributed by atoms with Crippen LogP contribution in [0.2, 0.25) is 0 Å². The van der Waals surface area contributed by atoms with Gasteiger partial charge < -0.3 is 5.32 Å². The maximum atomic E-state index is 3.51. The Kier molecular flexibility index (Phi) is 6.09. The van der Waals surface area contributed by atoms with Gasteiger partial charge in [0.15, 0.2) is 0 Å². The van der Waals surface area contributed by atoms with Gasteiger partial charge in [0, 0.05) is 6.04 Å². The van der Waals surface area contributed by atoms with Gasteiger partial charge in [-0.25, -0.2) is 0 Å². The van der Waals surface area contributed by atoms with Crippen LogP contribution in [0, 0.1) is 5.92 Å². The van der Waals surface area contributed by atoms with Crippen molar-refractivity contribution in [2.24, 2.45) is 5.92 Å². The fraction of sp³-hybridized carbons (Fsp3) is 0.818. The van der Waals surface area contributed by atoms with Crippen molar-refractivity contribution in [3.8, 4) is 0 Å². The van der Waals surface area contributed by atoms with E-state index in [9.17, 15) is 0 Å². The molecule has 0 saturated heterocycles. The minimum absolute atomic E-state index is 0.598. The van der Waals surface area contributed by atoms with Gasteiger partial charge in [0.25, 0.3) is 0 Å². The van der Waals surface area contributed by atoms with Crippen LogP contribution < -0.4 is 5.32 Å². The normalized spacial score (nSPS) is 17.6. The van der Waals surface area contributed by atoms with Crippen LogP contribution in [0.5, 0.6) is 0 Å². The molecule has 1 nitrogen and oxygen atoms in total. The van der Waals surface area contributed by atoms with Crippen LogP contribution in [0.1, 0.15) is 41.0 Å². The molecule has 0 aliphatic heterocycles. The van der Waals surface area contributed by atoms with Crippen LogP contribution in [-0.4, -0.2) is 12.6 Å². The Morgan fingerprint density at radius 3 is 2.42 bits per heavy atom. The zero-order valence-electron chi connectivity index (χ0n) is 9.15. The molecule has 0 aromatic carbocycles. The highest BCUT2D eigenvalue weighted by Gasteiger charge is 2.11. The molecule has 0 aliphatic rings. The van der Waals surface area contributed by atoms with Crippen molar-refractivity contribution in [1.82, 2.24) is 5.32 Å². The van der Waals surface area contributed by atoms with Crippen molar-refractivity contribution < 1.29 is 0 Å². The van der Waals surface area contributed by atoms with Crippen LogP contribution >= 0.6 is 0 Å². The van der Waals surface area contributed by atoms with Gasteiger partial charge in [-0.05, 0) is 39.7 Å². The molecule has 12 heavy (non-hydrogen) atoms. The van der Waals surface area contributed by atoms with Gasteiger partial charge >= 0.3 is 0 Å². The predicted octanol–water partition coefficient (Wildman–Crippen LogP) is 2.98. The highest BCUT2D eigenvalue weighted by molar-refractivity contribution is 5.03. The molecule has 2 atom stereocenters. The second-order valence-corrected chi connectivity index (χ2v) is 3.56. The van der Waals surface area contributed by atoms with E-state index in [0.29, 0.717) is 12.0 Å². The molecule has 1 unspecified atom stereocenters. The number of rotatable bonds is 5. The molecule has 0 rings (SSSR count). The summed E-state index contributed by atoms with van der Waals surface area (Å²) in [5.41, 5.74) is 1.48. The van der Waals surface area contributed by atoms with Crippen LogP contribution in [0.3, 0.4) is 0 Å². The molecule has 0 fully saturated rings. The van der Waals surface area contributed by atoms with Crippen molar-refractivity contribution in [3.05, 3.63) is 11.6 Å². The standard InChI is InChI=1S/C11H23N/c1-6-8-12-11(5)10(4)9(3)7-2/h7,10-12H,6,8H2,1-5H3/b9-7+/t10?,11-/m0/s1. The molecule has 0 bridgehead atoms. The van der Waals surface area contributed by atoms with E-state index in [1.165, 1.54) is 12.0 Å². The lowest BCUT2D eigenvalue weighted by atomic mass is 9.95. The quantitative estimate of drug-likeness (QED) is 0.624. The fourth-order valence-electron chi connectivity index (χ4n) is 1.21. The van der Waals surface area contributed by atoms with Crippen molar-refractivity contribution in [2.45, 2.75) is 47.1 Å². The van der Waals surface area contributed by atoms with Crippen LogP contribution in [0.4, 0.5) is 0 Å². The van der Waals surface area contributed by atoms with Crippen LogP contribution in [-0.2, 0) is 0 Å². The zero-order valence-corrected chi connectivity index (χ0v) is 9.15. The summed E-state index contributed by atoms with van der Waals surface area (Å²) in [5.74, 6) is 0.654. The van der Waals surface area contributed by atoms with Crippen LogP contribution in [0.15, 0.2) is 11.6 Å². The molecule has 0 spiro atoms. The summed E-state index contributed by atoms with van der Waals surface area (Å²) in [6, 6.07) is 0.598. The first-order valence-electron chi connectivity index (χ1n) is 4.99. The Balaban J connectivity index is 3.83. The molecule has 72 valence electrons. The Hall–Kier alpha value is -0.300. The van der Waals surface area contributed by atoms with E-state index in [4.69, 9.17) is 0 Å². The third-order valence-electron chi connectivity index (χ3n) is 2.64. The van der Waals surface area contributed by atoms with Crippen molar-refractivity contribution >= 4 is 0 Å². The van der Waals surface area contributed by atoms with E-state index in [1.54, 1.807) is 0 Å². The average Bonchev–Trinajstić information content (AvgIpc) is 2.11. The van der Waals surface area contributed by atoms with Gasteiger partial charge in [0.05, 0.1) is 0 Å². The summed E-state index contributed by atoms with van der Waals surface area (Å²) < 4.78 is 0. The van der Waals surface area contributed by atoms with E-state index in [1.807, 2.05) is 0 Å². The van der Waals surface area contributed by atoms with Gasteiger partial charge in [-0.2, -0.15) is 0 Å². The maximum absolute atomic E-state index is 3.51. The third kappa shape index (κ3) is 3.91. The summed E-state index contributed by atoms with van der Waals surface area (Å²) in [6.45, 7) is 12.2. The lowest BCUT2D eigenvalue weighted by molar-refractivity contribution is 0.444. The fourth-order valence-corrected chi connectivity index (χ4v) is 1.21. The molecule has 0 saturated carbocycles. The van der Waals surface area contributed by atoms with E-state index >= 15 is 0 Å². The molecule has 0 aliphatic carbocycles. The Labute approximate surface area is 77.2 Å². The summed E-state index contributed by atoms with van der Waals surface area (Å²) in [7, 11) is 0. The summed E-state index contributed by atoms with van der Waals surface area (Å²) in [6.07, 6.45) is 3.42. The Morgan fingerprint density at radius 1 is 1.42 bits per heavy atom. The van der Waals surface area contributed by atoms with Crippen LogP contribution in [0.25, 0.3) is 0 Å². The second-order valence-electron chi connectivity index (χ2n) is 3.56. The smallest absolute Gasteiger partial charge is 0.0101 e. The highest BCUT2D eigenvalue weighted by atomic mass is 14.9. The predicted molar refractivity (Wildman–Crippen MR) is 56.4 cm³/mol. The first-order chi connectivity index (χ1) is 5.63. The lowest BCUT2D eigenvalue weighted by Gasteiger charge is -2.21. The second kappa shape index (κ2) is 6.24. The van der Waals surface area contributed by atoms with E-state index in [0.717, 1.165) is 6.54 Å². The summed E-state index contributed by atoms with van der Waals surface area (Å²) in [5, 5.41) is 3.51. The first kappa shape index (κ1) is 11.7. The maximum Gasteiger partial charge on any atom is 0.0101 e. The minimum atomic E-state index is 0.598. The molecule has 0 amide bonds. The van der Waals surface area contributed by atoms with E-state index in [-0.39, 0.29) is 0 Å². The molecule has 1 heteroatoms. The summed E-state index contributed by atoms with van der Waals surface area (Å²) >= 11 is 0. The Morgan fingerprint density at radius 2 is 2.00 bits per heavy atom. The molecule has 0 heterocycles. The van der Waals surface area contributed by atoms with Gasteiger partial charge in [-0.15, -0.1) is 0 Å². The van der Waals surface area contributed by atoms with Gasteiger partial charge in [-0.1, -0.05) is 25.5 Å². The molecule has 0 aromatic rings. The van der Waals surface area contributed by atoms with Crippen molar-refractivity contribution in [2.75, 3.05) is 6.54 Å². The number of allylic oxidation sites excluding steroid dienone is 1. The summed E-state index contributed by atoms with van der Waals surface area (Å²) in [4.78, 5) is 0. The largest absolute Gasteiger partial charge is 0.314 e. The van der Waals surface area contributed by atoms with Gasteiger partial charge in [-0.3, -0.25) is 0 Å². The minimum Gasteiger partial charge on any atom is -0.314 e. The SMILES string of the molecule is C/C=C(\C)C(C)[C@H](C)NCCC. The highest BCUT2D eigenvalue weighted by Crippen LogP contribution is 2.13. The topological polar surface area (TPSA) is 12.0 Å². The monoisotopic (exact) mass is 169 g/mol. The number of hydrogen-bond acceptors (Lipinski definition) is 1. The van der Waals surface area contributed by atoms with Crippen molar-refractivity contribution in [1.29, 1.82) is 0 Å². The first-order valence-corrected chi connectivity index (χ1v) is 4.99. The number of hydrogen-bond donors (Lipinski definition) is 1. The molecule has 1 N–H and O–H groups in total. The van der Waals surface area contributed by atoms with E-state index in [2.05, 4.69) is 46.0 Å².